The van der Waals surface area contributed by atoms with Gasteiger partial charge in [0.2, 0.25) is 10.0 Å². The van der Waals surface area contributed by atoms with E-state index in [1.807, 2.05) is 0 Å². The SMILES string of the molecule is COC(=O)c1cccc(CS(=O)(=O)NC(C)CC(=O)O)c1. The van der Waals surface area contributed by atoms with E-state index in [0.717, 1.165) is 0 Å². The fraction of sp³-hybridized carbons (Fsp3) is 0.385. The zero-order valence-corrected chi connectivity index (χ0v) is 12.5. The molecule has 7 nitrogen and oxygen atoms in total. The number of methoxy groups -OCH3 is 1. The molecular weight excluding hydrogens is 298 g/mol. The van der Waals surface area contributed by atoms with E-state index >= 15 is 0 Å². The Balaban J connectivity index is 2.80. The van der Waals surface area contributed by atoms with Crippen molar-refractivity contribution in [3.8, 4) is 0 Å². The molecule has 21 heavy (non-hydrogen) atoms. The lowest BCUT2D eigenvalue weighted by Gasteiger charge is -2.12. The second kappa shape index (κ2) is 7.19. The van der Waals surface area contributed by atoms with Crippen molar-refractivity contribution < 1.29 is 27.9 Å². The van der Waals surface area contributed by atoms with Crippen LogP contribution in [0.3, 0.4) is 0 Å². The molecule has 1 atom stereocenters. The zero-order chi connectivity index (χ0) is 16.0. The van der Waals surface area contributed by atoms with Crippen LogP contribution in [0.15, 0.2) is 24.3 Å². The second-order valence-corrected chi connectivity index (χ2v) is 6.32. The number of carboxylic acids is 1. The van der Waals surface area contributed by atoms with Crippen LogP contribution in [0.2, 0.25) is 0 Å². The quantitative estimate of drug-likeness (QED) is 0.719. The lowest BCUT2D eigenvalue weighted by molar-refractivity contribution is -0.137. The van der Waals surface area contributed by atoms with Crippen molar-refractivity contribution in [1.29, 1.82) is 0 Å². The number of rotatable bonds is 7. The monoisotopic (exact) mass is 315 g/mol. The first-order valence-corrected chi connectivity index (χ1v) is 7.78. The molecule has 0 bridgehead atoms. The van der Waals surface area contributed by atoms with Gasteiger partial charge < -0.3 is 9.84 Å². The molecule has 0 saturated heterocycles. The molecule has 116 valence electrons. The van der Waals surface area contributed by atoms with Gasteiger partial charge in [0.15, 0.2) is 0 Å². The number of esters is 1. The number of hydrogen-bond donors (Lipinski definition) is 2. The topological polar surface area (TPSA) is 110 Å². The lowest BCUT2D eigenvalue weighted by Crippen LogP contribution is -2.35. The van der Waals surface area contributed by atoms with E-state index in [2.05, 4.69) is 9.46 Å². The van der Waals surface area contributed by atoms with Gasteiger partial charge in [-0.25, -0.2) is 17.9 Å². The normalized spacial score (nSPS) is 12.7. The molecular formula is C13H17NO6S. The summed E-state index contributed by atoms with van der Waals surface area (Å²) in [4.78, 5) is 21.9. The van der Waals surface area contributed by atoms with Gasteiger partial charge >= 0.3 is 11.9 Å². The van der Waals surface area contributed by atoms with Crippen LogP contribution in [-0.2, 0) is 25.3 Å². The molecule has 0 aromatic heterocycles. The Morgan fingerprint density at radius 3 is 2.62 bits per heavy atom. The fourth-order valence-corrected chi connectivity index (χ4v) is 3.18. The van der Waals surface area contributed by atoms with E-state index in [9.17, 15) is 18.0 Å². The predicted molar refractivity (Wildman–Crippen MR) is 75.3 cm³/mol. The Morgan fingerprint density at radius 1 is 1.38 bits per heavy atom. The second-order valence-electron chi connectivity index (χ2n) is 4.57. The molecule has 2 N–H and O–H groups in total. The number of sulfonamides is 1. The highest BCUT2D eigenvalue weighted by Gasteiger charge is 2.18. The number of aliphatic carboxylic acids is 1. The van der Waals surface area contributed by atoms with E-state index in [0.29, 0.717) is 5.56 Å². The molecule has 0 heterocycles. The van der Waals surface area contributed by atoms with Crippen LogP contribution in [-0.4, -0.2) is 38.6 Å². The standard InChI is InChI=1S/C13H17NO6S/c1-9(6-12(15)16)14-21(18,19)8-10-4-3-5-11(7-10)13(17)20-2/h3-5,7,9,14H,6,8H2,1-2H3,(H,15,16). The number of ether oxygens (including phenoxy) is 1. The molecule has 0 radical (unpaired) electrons. The highest BCUT2D eigenvalue weighted by molar-refractivity contribution is 7.88. The molecule has 1 aromatic rings. The van der Waals surface area contributed by atoms with Crippen molar-refractivity contribution in [3.05, 3.63) is 35.4 Å². The molecule has 8 heteroatoms. The summed E-state index contributed by atoms with van der Waals surface area (Å²) in [5.74, 6) is -1.98. The van der Waals surface area contributed by atoms with Crippen LogP contribution in [0.5, 0.6) is 0 Å². The smallest absolute Gasteiger partial charge is 0.337 e. The summed E-state index contributed by atoms with van der Waals surface area (Å²) < 4.78 is 30.7. The van der Waals surface area contributed by atoms with E-state index in [-0.39, 0.29) is 17.7 Å². The average molecular weight is 315 g/mol. The maximum atomic E-state index is 11.9. The number of hydrogen-bond acceptors (Lipinski definition) is 5. The summed E-state index contributed by atoms with van der Waals surface area (Å²) in [7, 11) is -2.46. The molecule has 1 unspecified atom stereocenters. The third-order valence-corrected chi connectivity index (χ3v) is 4.04. The first kappa shape index (κ1) is 17.1. The Bertz CT molecular complexity index is 625. The summed E-state index contributed by atoms with van der Waals surface area (Å²) in [5.41, 5.74) is 0.664. The van der Waals surface area contributed by atoms with Gasteiger partial charge in [-0.15, -0.1) is 0 Å². The van der Waals surface area contributed by atoms with Gasteiger partial charge in [-0.2, -0.15) is 0 Å². The third kappa shape index (κ3) is 5.92. The average Bonchev–Trinajstić information content (AvgIpc) is 2.35. The van der Waals surface area contributed by atoms with Gasteiger partial charge in [0, 0.05) is 6.04 Å². The minimum atomic E-state index is -3.69. The Kier molecular flexibility index (Phi) is 5.86. The van der Waals surface area contributed by atoms with Gasteiger partial charge in [-0.3, -0.25) is 4.79 Å². The number of carboxylic acid groups (broad SMARTS) is 1. The highest BCUT2D eigenvalue weighted by atomic mass is 32.2. The summed E-state index contributed by atoms with van der Waals surface area (Å²) >= 11 is 0. The molecule has 0 aliphatic heterocycles. The van der Waals surface area contributed by atoms with Crippen LogP contribution in [0.1, 0.15) is 29.3 Å². The Hall–Kier alpha value is -1.93. The minimum absolute atomic E-state index is 0.254. The van der Waals surface area contributed by atoms with E-state index < -0.39 is 28.0 Å². The summed E-state index contributed by atoms with van der Waals surface area (Å²) in [5, 5.41) is 8.61. The summed E-state index contributed by atoms with van der Waals surface area (Å²) in [6, 6.07) is 5.34. The van der Waals surface area contributed by atoms with Gasteiger partial charge in [0.25, 0.3) is 0 Å². The molecule has 0 fully saturated rings. The molecule has 0 aliphatic carbocycles. The van der Waals surface area contributed by atoms with Crippen molar-refractivity contribution in [1.82, 2.24) is 4.72 Å². The predicted octanol–water partition coefficient (Wildman–Crippen LogP) is 0.756. The van der Waals surface area contributed by atoms with Gasteiger partial charge in [-0.1, -0.05) is 12.1 Å². The molecule has 1 aromatic carbocycles. The van der Waals surface area contributed by atoms with Crippen molar-refractivity contribution in [2.75, 3.05) is 7.11 Å². The van der Waals surface area contributed by atoms with Crippen LogP contribution < -0.4 is 4.72 Å². The first-order chi connectivity index (χ1) is 9.73. The van der Waals surface area contributed by atoms with Crippen LogP contribution in [0.25, 0.3) is 0 Å². The maximum Gasteiger partial charge on any atom is 0.337 e. The number of nitrogens with one attached hydrogen (secondary N) is 1. The number of benzene rings is 1. The molecule has 0 aliphatic rings. The van der Waals surface area contributed by atoms with Crippen LogP contribution in [0.4, 0.5) is 0 Å². The van der Waals surface area contributed by atoms with Gasteiger partial charge in [0.05, 0.1) is 24.8 Å². The van der Waals surface area contributed by atoms with E-state index in [1.54, 1.807) is 12.1 Å². The maximum absolute atomic E-state index is 11.9. The van der Waals surface area contributed by atoms with Crippen molar-refractivity contribution >= 4 is 22.0 Å². The largest absolute Gasteiger partial charge is 0.481 e. The fourth-order valence-electron chi connectivity index (χ4n) is 1.78. The molecule has 1 rings (SSSR count). The molecule has 0 spiro atoms. The van der Waals surface area contributed by atoms with E-state index in [1.165, 1.54) is 26.2 Å². The Labute approximate surface area is 123 Å². The van der Waals surface area contributed by atoms with Crippen LogP contribution in [0, 0.1) is 0 Å². The van der Waals surface area contributed by atoms with Crippen molar-refractivity contribution in [2.24, 2.45) is 0 Å². The third-order valence-electron chi connectivity index (χ3n) is 2.57. The summed E-state index contributed by atoms with van der Waals surface area (Å²) in [6.07, 6.45) is -0.304. The lowest BCUT2D eigenvalue weighted by atomic mass is 10.1. The van der Waals surface area contributed by atoms with Gasteiger partial charge in [-0.05, 0) is 24.6 Å². The Morgan fingerprint density at radius 2 is 2.05 bits per heavy atom. The van der Waals surface area contributed by atoms with E-state index in [4.69, 9.17) is 5.11 Å². The molecule has 0 saturated carbocycles. The van der Waals surface area contributed by atoms with Crippen molar-refractivity contribution in [2.45, 2.75) is 25.1 Å². The molecule has 0 amide bonds. The van der Waals surface area contributed by atoms with Crippen LogP contribution >= 0.6 is 0 Å². The summed E-state index contributed by atoms with van der Waals surface area (Å²) in [6.45, 7) is 1.47. The number of carbonyl (C=O) groups excluding carboxylic acids is 1. The highest BCUT2D eigenvalue weighted by Crippen LogP contribution is 2.10. The minimum Gasteiger partial charge on any atom is -0.481 e. The zero-order valence-electron chi connectivity index (χ0n) is 11.7. The first-order valence-electron chi connectivity index (χ1n) is 6.12. The number of carbonyl (C=O) groups is 2. The van der Waals surface area contributed by atoms with Gasteiger partial charge in [0.1, 0.15) is 0 Å². The van der Waals surface area contributed by atoms with Crippen molar-refractivity contribution in [3.63, 3.8) is 0 Å².